The number of hydrogen-bond acceptors (Lipinski definition) is 3. The molecule has 1 aliphatic heterocycles. The maximum Gasteiger partial charge on any atom is 0.164 e. The van der Waals surface area contributed by atoms with Gasteiger partial charge in [0.2, 0.25) is 0 Å². The monoisotopic (exact) mass is 302 g/mol. The van der Waals surface area contributed by atoms with E-state index in [1.807, 2.05) is 0 Å². The third-order valence-electron chi connectivity index (χ3n) is 8.54. The summed E-state index contributed by atoms with van der Waals surface area (Å²) < 4.78 is 5.85. The predicted octanol–water partition coefficient (Wildman–Crippen LogP) is 3.15. The van der Waals surface area contributed by atoms with Gasteiger partial charge in [-0.15, -0.1) is 0 Å². The van der Waals surface area contributed by atoms with E-state index in [1.54, 1.807) is 0 Å². The Morgan fingerprint density at radius 3 is 2.68 bits per heavy atom. The van der Waals surface area contributed by atoms with Crippen LogP contribution < -0.4 is 0 Å². The molecule has 0 aromatic heterocycles. The molecule has 1 saturated heterocycles. The summed E-state index contributed by atoms with van der Waals surface area (Å²) in [5.41, 5.74) is 0.146. The van der Waals surface area contributed by atoms with Crippen LogP contribution in [0.15, 0.2) is 0 Å². The fraction of sp³-hybridized carbons (Fsp3) is 0.895. The zero-order chi connectivity index (χ0) is 15.3. The number of carbonyl (C=O) groups excluding carboxylic acids is 2. The number of carbonyl (C=O) groups is 2. The fourth-order valence-electron chi connectivity index (χ4n) is 7.20. The highest BCUT2D eigenvalue weighted by molar-refractivity contribution is 5.88. The van der Waals surface area contributed by atoms with Gasteiger partial charge in [-0.25, -0.2) is 0 Å². The Bertz CT molecular complexity index is 569. The smallest absolute Gasteiger partial charge is 0.164 e. The van der Waals surface area contributed by atoms with Crippen LogP contribution in [0.25, 0.3) is 0 Å². The van der Waals surface area contributed by atoms with E-state index in [4.69, 9.17) is 4.74 Å². The Balaban J connectivity index is 1.51. The van der Waals surface area contributed by atoms with Crippen molar-refractivity contribution in [1.29, 1.82) is 0 Å². The number of Topliss-reactive ketones (excluding diaryl/α,β-unsaturated/α-hetero) is 2. The molecule has 3 nitrogen and oxygen atoms in total. The minimum Gasteiger partial charge on any atom is -0.361 e. The van der Waals surface area contributed by atoms with Crippen LogP contribution in [0.3, 0.4) is 0 Å². The van der Waals surface area contributed by atoms with E-state index in [-0.39, 0.29) is 23.0 Å². The largest absolute Gasteiger partial charge is 0.361 e. The molecule has 5 aliphatic rings. The van der Waals surface area contributed by atoms with Crippen molar-refractivity contribution in [3.8, 4) is 0 Å². The highest BCUT2D eigenvalue weighted by atomic mass is 16.6. The summed E-state index contributed by atoms with van der Waals surface area (Å²) in [7, 11) is 0. The first-order valence-electron chi connectivity index (χ1n) is 9.17. The second-order valence-corrected chi connectivity index (χ2v) is 9.08. The Kier molecular flexibility index (Phi) is 2.51. The number of fused-ring (bicyclic) bond motifs is 7. The topological polar surface area (TPSA) is 46.7 Å². The van der Waals surface area contributed by atoms with E-state index < -0.39 is 0 Å². The lowest BCUT2D eigenvalue weighted by Gasteiger charge is -2.58. The van der Waals surface area contributed by atoms with E-state index in [0.717, 1.165) is 38.5 Å². The molecule has 0 bridgehead atoms. The third-order valence-corrected chi connectivity index (χ3v) is 8.54. The zero-order valence-corrected chi connectivity index (χ0v) is 13.6. The Morgan fingerprint density at radius 2 is 1.86 bits per heavy atom. The molecular weight excluding hydrogens is 276 g/mol. The van der Waals surface area contributed by atoms with Gasteiger partial charge in [-0.1, -0.05) is 13.8 Å². The summed E-state index contributed by atoms with van der Waals surface area (Å²) in [6.45, 7) is 4.64. The highest BCUT2D eigenvalue weighted by Crippen LogP contribution is 2.67. The van der Waals surface area contributed by atoms with Gasteiger partial charge in [-0.05, 0) is 55.8 Å². The van der Waals surface area contributed by atoms with Gasteiger partial charge in [-0.2, -0.15) is 0 Å². The number of ketones is 2. The van der Waals surface area contributed by atoms with Gasteiger partial charge < -0.3 is 4.74 Å². The van der Waals surface area contributed by atoms with Gasteiger partial charge in [0.15, 0.2) is 5.78 Å². The molecule has 22 heavy (non-hydrogen) atoms. The molecule has 1 heterocycles. The zero-order valence-electron chi connectivity index (χ0n) is 13.6. The Morgan fingerprint density at radius 1 is 1.05 bits per heavy atom. The van der Waals surface area contributed by atoms with Crippen molar-refractivity contribution in [2.45, 2.75) is 71.0 Å². The van der Waals surface area contributed by atoms with Crippen LogP contribution in [0.1, 0.15) is 58.8 Å². The molecule has 0 aromatic carbocycles. The average molecular weight is 302 g/mol. The van der Waals surface area contributed by atoms with Gasteiger partial charge in [0, 0.05) is 23.7 Å². The minimum absolute atomic E-state index is 0.0430. The Hall–Kier alpha value is -0.700. The molecule has 0 radical (unpaired) electrons. The van der Waals surface area contributed by atoms with Crippen LogP contribution in [0, 0.1) is 34.5 Å². The summed E-state index contributed by atoms with van der Waals surface area (Å²) in [5, 5.41) is 0. The SMILES string of the molecule is C[C@]12[C@@H](CC[C@@H]3[C@@H]1CC[C@]1(C)C(=O)CC[C@@H]31)CC(=O)[C@H]1O[C@@H]12. The van der Waals surface area contributed by atoms with Gasteiger partial charge in [0.05, 0.1) is 6.10 Å². The number of ether oxygens (including phenoxy) is 1. The summed E-state index contributed by atoms with van der Waals surface area (Å²) in [4.78, 5) is 24.5. The average Bonchev–Trinajstić information content (AvgIpc) is 3.24. The van der Waals surface area contributed by atoms with Crippen LogP contribution in [0.2, 0.25) is 0 Å². The minimum atomic E-state index is -0.0847. The van der Waals surface area contributed by atoms with Crippen molar-refractivity contribution in [1.82, 2.24) is 0 Å². The lowest BCUT2D eigenvalue weighted by molar-refractivity contribution is -0.141. The maximum absolute atomic E-state index is 12.4. The molecule has 0 unspecified atom stereocenters. The molecule has 5 rings (SSSR count). The Labute approximate surface area is 132 Å². The third kappa shape index (κ3) is 1.43. The maximum atomic E-state index is 12.4. The summed E-state index contributed by atoms with van der Waals surface area (Å²) in [6, 6.07) is 0. The molecule has 0 aromatic rings. The number of hydrogen-bond donors (Lipinski definition) is 0. The first kappa shape index (κ1) is 13.7. The molecule has 5 fully saturated rings. The van der Waals surface area contributed by atoms with Crippen LogP contribution in [0.4, 0.5) is 0 Å². The molecule has 0 amide bonds. The van der Waals surface area contributed by atoms with Crippen LogP contribution in [-0.2, 0) is 14.3 Å². The second-order valence-electron chi connectivity index (χ2n) is 9.08. The van der Waals surface area contributed by atoms with E-state index in [9.17, 15) is 9.59 Å². The second kappa shape index (κ2) is 4.03. The van der Waals surface area contributed by atoms with Crippen LogP contribution in [-0.4, -0.2) is 23.8 Å². The van der Waals surface area contributed by atoms with Gasteiger partial charge >= 0.3 is 0 Å². The molecule has 120 valence electrons. The first-order valence-corrected chi connectivity index (χ1v) is 9.17. The summed E-state index contributed by atoms with van der Waals surface area (Å²) >= 11 is 0. The van der Waals surface area contributed by atoms with E-state index >= 15 is 0 Å². The lowest BCUT2D eigenvalue weighted by atomic mass is 9.45. The molecule has 4 aliphatic carbocycles. The van der Waals surface area contributed by atoms with E-state index in [0.29, 0.717) is 35.2 Å². The van der Waals surface area contributed by atoms with Crippen molar-refractivity contribution < 1.29 is 14.3 Å². The molecule has 0 spiro atoms. The lowest BCUT2D eigenvalue weighted by Crippen LogP contribution is -2.56. The fourth-order valence-corrected chi connectivity index (χ4v) is 7.20. The highest BCUT2D eigenvalue weighted by Gasteiger charge is 2.69. The van der Waals surface area contributed by atoms with Gasteiger partial charge in [-0.3, -0.25) is 9.59 Å². The van der Waals surface area contributed by atoms with Gasteiger partial charge in [0.25, 0.3) is 0 Å². The summed E-state index contributed by atoms with van der Waals surface area (Å²) in [5.74, 6) is 3.32. The van der Waals surface area contributed by atoms with E-state index in [2.05, 4.69) is 13.8 Å². The van der Waals surface area contributed by atoms with Gasteiger partial charge in [0.1, 0.15) is 11.9 Å². The number of epoxide rings is 1. The molecular formula is C19H26O3. The van der Waals surface area contributed by atoms with Crippen LogP contribution in [0.5, 0.6) is 0 Å². The van der Waals surface area contributed by atoms with Crippen molar-refractivity contribution in [3.05, 3.63) is 0 Å². The van der Waals surface area contributed by atoms with Crippen molar-refractivity contribution in [3.63, 3.8) is 0 Å². The predicted molar refractivity (Wildman–Crippen MR) is 81.2 cm³/mol. The van der Waals surface area contributed by atoms with Crippen molar-refractivity contribution in [2.75, 3.05) is 0 Å². The first-order chi connectivity index (χ1) is 10.5. The van der Waals surface area contributed by atoms with Crippen molar-refractivity contribution in [2.24, 2.45) is 34.5 Å². The standard InChI is InChI=1S/C19H26O3/c1-18-8-7-13-11(12(18)5-6-15(18)21)4-3-10-9-14(20)16-17(22-16)19(10,13)2/h10-13,16-17H,3-9H2,1-2H3/t10-,11-,12-,13-,16+,17-,18-,19-/m0/s1. The van der Waals surface area contributed by atoms with Crippen LogP contribution >= 0.6 is 0 Å². The molecule has 3 heteroatoms. The van der Waals surface area contributed by atoms with Crippen molar-refractivity contribution >= 4 is 11.6 Å². The molecule has 0 N–H and O–H groups in total. The molecule has 8 atom stereocenters. The molecule has 4 saturated carbocycles. The van der Waals surface area contributed by atoms with E-state index in [1.165, 1.54) is 6.42 Å². The normalized spacial score (nSPS) is 59.4. The quantitative estimate of drug-likeness (QED) is 0.646. The summed E-state index contributed by atoms with van der Waals surface area (Å²) in [6.07, 6.45) is 7.35. The number of rotatable bonds is 0.